The van der Waals surface area contributed by atoms with E-state index in [1.807, 2.05) is 0 Å². The Bertz CT molecular complexity index is 827. The number of aromatic hydroxyl groups is 2. The molecule has 9 heteroatoms. The van der Waals surface area contributed by atoms with E-state index in [1.54, 1.807) is 12.1 Å². The quantitative estimate of drug-likeness (QED) is 0.252. The summed E-state index contributed by atoms with van der Waals surface area (Å²) in [5.41, 5.74) is 1.27. The first-order valence-corrected chi connectivity index (χ1v) is 7.98. The normalized spacial score (nSPS) is 16.2. The maximum atomic E-state index is 12.2. The van der Waals surface area contributed by atoms with Crippen LogP contribution < -0.4 is 9.97 Å². The van der Waals surface area contributed by atoms with E-state index in [0.717, 1.165) is 0 Å². The zero-order valence-corrected chi connectivity index (χ0v) is 13.7. The molecule has 0 spiro atoms. The van der Waals surface area contributed by atoms with Gasteiger partial charge in [-0.25, -0.2) is 0 Å². The van der Waals surface area contributed by atoms with Gasteiger partial charge in [-0.05, 0) is 29.7 Å². The second-order valence-electron chi connectivity index (χ2n) is 6.10. The molecule has 8 nitrogen and oxygen atoms in total. The third-order valence-electron chi connectivity index (χ3n) is 4.18. The molecule has 0 aromatic heterocycles. The van der Waals surface area contributed by atoms with Crippen molar-refractivity contribution in [2.75, 3.05) is 0 Å². The second kappa shape index (κ2) is 7.24. The van der Waals surface area contributed by atoms with Crippen LogP contribution in [0.15, 0.2) is 36.4 Å². The Hall–Kier alpha value is -2.75. The summed E-state index contributed by atoms with van der Waals surface area (Å²) in [5, 5.41) is 50.3. The molecule has 1 amide bonds. The van der Waals surface area contributed by atoms with Crippen LogP contribution in [-0.2, 0) is 17.6 Å². The van der Waals surface area contributed by atoms with E-state index in [9.17, 15) is 30.2 Å². The maximum absolute atomic E-state index is 12.2. The zero-order valence-electron chi connectivity index (χ0n) is 13.7. The van der Waals surface area contributed by atoms with Crippen molar-refractivity contribution < 1.29 is 34.9 Å². The third kappa shape index (κ3) is 3.74. The van der Waals surface area contributed by atoms with E-state index in [2.05, 4.69) is 5.32 Å². The van der Waals surface area contributed by atoms with Gasteiger partial charge in [0.2, 0.25) is 5.91 Å². The van der Waals surface area contributed by atoms with Crippen LogP contribution in [0.2, 0.25) is 0 Å². The van der Waals surface area contributed by atoms with Crippen molar-refractivity contribution in [3.8, 4) is 17.2 Å². The summed E-state index contributed by atoms with van der Waals surface area (Å²) in [7, 11) is -1.35. The summed E-state index contributed by atoms with van der Waals surface area (Å²) in [4.78, 5) is 12.2. The topological polar surface area (TPSA) is 139 Å². The molecule has 2 aromatic carbocycles. The highest BCUT2D eigenvalue weighted by atomic mass is 16.5. The van der Waals surface area contributed by atoms with E-state index in [4.69, 9.17) is 4.65 Å². The van der Waals surface area contributed by atoms with Gasteiger partial charge in [0.1, 0.15) is 5.75 Å². The van der Waals surface area contributed by atoms with Gasteiger partial charge in [-0.2, -0.15) is 0 Å². The number of aliphatic hydroxyl groups is 2. The summed E-state index contributed by atoms with van der Waals surface area (Å²) < 4.78 is 5.37. The van der Waals surface area contributed by atoms with E-state index in [-0.39, 0.29) is 35.7 Å². The highest BCUT2D eigenvalue weighted by Gasteiger charge is 2.37. The monoisotopic (exact) mass is 359 g/mol. The third-order valence-corrected chi connectivity index (χ3v) is 4.18. The van der Waals surface area contributed by atoms with Gasteiger partial charge in [0.05, 0.1) is 12.4 Å². The van der Waals surface area contributed by atoms with Crippen LogP contribution in [0.3, 0.4) is 0 Å². The molecular weight excluding hydrogens is 341 g/mol. The summed E-state index contributed by atoms with van der Waals surface area (Å²) in [6.07, 6.45) is -1.53. The molecule has 0 saturated carbocycles. The lowest BCUT2D eigenvalue weighted by Crippen LogP contribution is -2.53. The van der Waals surface area contributed by atoms with Crippen LogP contribution in [0.1, 0.15) is 23.0 Å². The van der Waals surface area contributed by atoms with Crippen LogP contribution in [0, 0.1) is 0 Å². The molecule has 2 aromatic rings. The van der Waals surface area contributed by atoms with Crippen molar-refractivity contribution >= 4 is 13.0 Å². The fraction of sp³-hybridized carbons (Fsp3) is 0.235. The van der Waals surface area contributed by atoms with Gasteiger partial charge in [0, 0.05) is 5.56 Å². The summed E-state index contributed by atoms with van der Waals surface area (Å²) in [6, 6.07) is 8.90. The fourth-order valence-electron chi connectivity index (χ4n) is 2.90. The maximum Gasteiger partial charge on any atom is 0.547 e. The Morgan fingerprint density at radius 2 is 2.00 bits per heavy atom. The van der Waals surface area contributed by atoms with Crippen molar-refractivity contribution in [2.45, 2.75) is 25.1 Å². The van der Waals surface area contributed by atoms with E-state index >= 15 is 0 Å². The number of hydrogen-bond donors (Lipinski definition) is 6. The predicted molar refractivity (Wildman–Crippen MR) is 91.3 cm³/mol. The standard InChI is InChI=1S/C17H18BNO7/c20-12-5-4-9(6-13(12)21)7-15(22)19-14-8-10-2-1-3-11(17(23)24)16(10)26-18(14)25/h1-6,14,17,20-21,23-25H,7-8H2,(H,19,22)/t14-/m0/s1. The molecule has 0 saturated heterocycles. The minimum atomic E-state index is -1.73. The SMILES string of the molecule is O=C(Cc1ccc(O)c(O)c1)N[C@H]1Cc2cccc(C(O)O)c2OB1O. The first-order valence-electron chi connectivity index (χ1n) is 7.98. The zero-order chi connectivity index (χ0) is 18.8. The van der Waals surface area contributed by atoms with E-state index in [1.165, 1.54) is 24.3 Å². The van der Waals surface area contributed by atoms with Crippen molar-refractivity contribution in [1.29, 1.82) is 0 Å². The Kier molecular flexibility index (Phi) is 5.03. The number of phenols is 2. The molecule has 0 bridgehead atoms. The number of nitrogens with one attached hydrogen (secondary N) is 1. The molecule has 0 unspecified atom stereocenters. The van der Waals surface area contributed by atoms with Crippen LogP contribution in [0.5, 0.6) is 17.2 Å². The fourth-order valence-corrected chi connectivity index (χ4v) is 2.90. The molecule has 6 N–H and O–H groups in total. The Labute approximate surface area is 149 Å². The number of amides is 1. The summed E-state index contributed by atoms with van der Waals surface area (Å²) in [5.74, 6) is -1.51. The molecule has 1 atom stereocenters. The molecule has 1 aliphatic rings. The number of phenolic OH excluding ortho intramolecular Hbond substituents is 2. The first-order chi connectivity index (χ1) is 12.3. The van der Waals surface area contributed by atoms with Gasteiger partial charge in [0.25, 0.3) is 0 Å². The lowest BCUT2D eigenvalue weighted by Gasteiger charge is -2.29. The largest absolute Gasteiger partial charge is 0.547 e. The number of hydrogen-bond acceptors (Lipinski definition) is 7. The molecule has 1 heterocycles. The number of aliphatic hydroxyl groups excluding tert-OH is 1. The number of rotatable bonds is 4. The van der Waals surface area contributed by atoms with Gasteiger partial charge >= 0.3 is 7.12 Å². The lowest BCUT2D eigenvalue weighted by atomic mass is 9.72. The molecule has 26 heavy (non-hydrogen) atoms. The number of carbonyl (C=O) groups is 1. The van der Waals surface area contributed by atoms with E-state index < -0.39 is 25.3 Å². The van der Waals surface area contributed by atoms with Gasteiger partial charge in [0.15, 0.2) is 17.8 Å². The number of benzene rings is 2. The molecule has 0 radical (unpaired) electrons. The molecular formula is C17H18BNO7. The van der Waals surface area contributed by atoms with Crippen molar-refractivity contribution in [2.24, 2.45) is 0 Å². The highest BCUT2D eigenvalue weighted by molar-refractivity contribution is 6.46. The van der Waals surface area contributed by atoms with Crippen molar-refractivity contribution in [3.05, 3.63) is 53.1 Å². The number of para-hydroxylation sites is 1. The van der Waals surface area contributed by atoms with E-state index in [0.29, 0.717) is 11.1 Å². The number of carbonyl (C=O) groups excluding carboxylic acids is 1. The van der Waals surface area contributed by atoms with Gasteiger partial charge < -0.3 is 35.4 Å². The second-order valence-corrected chi connectivity index (χ2v) is 6.10. The lowest BCUT2D eigenvalue weighted by molar-refractivity contribution is -0.120. The summed E-state index contributed by atoms with van der Waals surface area (Å²) >= 11 is 0. The van der Waals surface area contributed by atoms with Gasteiger partial charge in [-0.1, -0.05) is 24.3 Å². The Morgan fingerprint density at radius 1 is 1.23 bits per heavy atom. The molecule has 3 rings (SSSR count). The number of fused-ring (bicyclic) bond motifs is 1. The average Bonchev–Trinajstić information content (AvgIpc) is 2.58. The molecule has 136 valence electrons. The van der Waals surface area contributed by atoms with Crippen molar-refractivity contribution in [3.63, 3.8) is 0 Å². The average molecular weight is 359 g/mol. The minimum Gasteiger partial charge on any atom is -0.534 e. The minimum absolute atomic E-state index is 0.0562. The Balaban J connectivity index is 1.69. The summed E-state index contributed by atoms with van der Waals surface area (Å²) in [6.45, 7) is 0. The predicted octanol–water partition coefficient (Wildman–Crippen LogP) is -0.237. The van der Waals surface area contributed by atoms with Gasteiger partial charge in [-0.3, -0.25) is 4.79 Å². The van der Waals surface area contributed by atoms with Crippen LogP contribution in [0.4, 0.5) is 0 Å². The van der Waals surface area contributed by atoms with Crippen LogP contribution in [-0.4, -0.2) is 44.4 Å². The van der Waals surface area contributed by atoms with Gasteiger partial charge in [-0.15, -0.1) is 0 Å². The molecule has 0 fully saturated rings. The smallest absolute Gasteiger partial charge is 0.534 e. The van der Waals surface area contributed by atoms with Crippen molar-refractivity contribution in [1.82, 2.24) is 5.32 Å². The molecule has 0 aliphatic carbocycles. The highest BCUT2D eigenvalue weighted by Crippen LogP contribution is 2.33. The van der Waals surface area contributed by atoms with Crippen LogP contribution in [0.25, 0.3) is 0 Å². The first kappa shape index (κ1) is 18.1. The van der Waals surface area contributed by atoms with Crippen LogP contribution >= 0.6 is 0 Å². The Morgan fingerprint density at radius 3 is 2.69 bits per heavy atom. The molecule has 1 aliphatic heterocycles.